The van der Waals surface area contributed by atoms with Crippen LogP contribution in [0.5, 0.6) is 0 Å². The number of aromatic nitrogens is 3. The monoisotopic (exact) mass is 573 g/mol. The smallest absolute Gasteiger partial charge is 0.164 e. The van der Waals surface area contributed by atoms with Gasteiger partial charge >= 0.3 is 0 Å². The maximum atomic E-state index is 4.73. The lowest BCUT2D eigenvalue weighted by molar-refractivity contribution is 1.07. The van der Waals surface area contributed by atoms with Crippen molar-refractivity contribution in [2.45, 2.75) is 13.8 Å². The van der Waals surface area contributed by atoms with E-state index in [0.717, 1.165) is 30.1 Å². The van der Waals surface area contributed by atoms with Gasteiger partial charge in [-0.1, -0.05) is 98.0 Å². The Morgan fingerprint density at radius 3 is 1.00 bits per heavy atom. The minimum absolute atomic E-state index is 0.635. The summed E-state index contributed by atoms with van der Waals surface area (Å²) in [6.07, 6.45) is 0. The molecule has 29 heavy (non-hydrogen) atoms. The summed E-state index contributed by atoms with van der Waals surface area (Å²) in [5, 5.41) is 0. The third-order valence-corrected chi connectivity index (χ3v) is 5.36. The molecule has 0 fully saturated rings. The summed E-state index contributed by atoms with van der Waals surface area (Å²) >= 11 is 10.6. The highest BCUT2D eigenvalue weighted by atomic mass is 79.9. The Labute approximate surface area is 196 Å². The van der Waals surface area contributed by atoms with Crippen molar-refractivity contribution in [3.8, 4) is 34.2 Å². The van der Waals surface area contributed by atoms with E-state index in [0.29, 0.717) is 17.5 Å². The van der Waals surface area contributed by atoms with E-state index in [-0.39, 0.29) is 0 Å². The van der Waals surface area contributed by atoms with Crippen molar-refractivity contribution in [2.24, 2.45) is 0 Å². The molecule has 0 aliphatic rings. The quantitative estimate of drug-likeness (QED) is 0.247. The van der Waals surface area contributed by atoms with Gasteiger partial charge in [-0.15, -0.1) is 0 Å². The van der Waals surface area contributed by atoms with E-state index < -0.39 is 0 Å². The standard InChI is InChI=1S/C21H12Br3N3.C2H6/c22-16-7-1-4-13(10-16)19-25-20(14-5-2-8-17(23)11-14)27-21(26-19)15-6-3-9-18(24)12-15;1-2/h1-12H;1-2H3. The lowest BCUT2D eigenvalue weighted by Crippen LogP contribution is -2.00. The van der Waals surface area contributed by atoms with E-state index in [1.54, 1.807) is 0 Å². The first-order valence-corrected chi connectivity index (χ1v) is 11.5. The van der Waals surface area contributed by atoms with E-state index >= 15 is 0 Å². The highest BCUT2D eigenvalue weighted by Gasteiger charge is 2.12. The predicted molar refractivity (Wildman–Crippen MR) is 131 cm³/mol. The topological polar surface area (TPSA) is 38.7 Å². The van der Waals surface area contributed by atoms with Crippen LogP contribution in [-0.4, -0.2) is 15.0 Å². The number of nitrogens with zero attached hydrogens (tertiary/aromatic N) is 3. The zero-order chi connectivity index (χ0) is 20.8. The first kappa shape index (κ1) is 21.8. The molecule has 4 aromatic rings. The van der Waals surface area contributed by atoms with Crippen molar-refractivity contribution in [3.63, 3.8) is 0 Å². The van der Waals surface area contributed by atoms with E-state index in [1.807, 2.05) is 86.6 Å². The van der Waals surface area contributed by atoms with Crippen molar-refractivity contribution in [1.29, 1.82) is 0 Å². The predicted octanol–water partition coefficient (Wildman–Crippen LogP) is 8.19. The zero-order valence-corrected chi connectivity index (χ0v) is 20.7. The van der Waals surface area contributed by atoms with E-state index in [1.165, 1.54) is 0 Å². The number of benzene rings is 3. The normalized spacial score (nSPS) is 10.2. The van der Waals surface area contributed by atoms with Crippen LogP contribution < -0.4 is 0 Å². The van der Waals surface area contributed by atoms with Crippen LogP contribution in [-0.2, 0) is 0 Å². The largest absolute Gasteiger partial charge is 0.208 e. The maximum Gasteiger partial charge on any atom is 0.164 e. The van der Waals surface area contributed by atoms with Crippen molar-refractivity contribution in [1.82, 2.24) is 15.0 Å². The van der Waals surface area contributed by atoms with Gasteiger partial charge in [0.2, 0.25) is 0 Å². The summed E-state index contributed by atoms with van der Waals surface area (Å²) in [5.41, 5.74) is 2.79. The van der Waals surface area contributed by atoms with Crippen molar-refractivity contribution < 1.29 is 0 Å². The molecule has 0 aliphatic carbocycles. The molecule has 1 heterocycles. The van der Waals surface area contributed by atoms with Gasteiger partial charge in [0.1, 0.15) is 0 Å². The fraction of sp³-hybridized carbons (Fsp3) is 0.0870. The second-order valence-corrected chi connectivity index (χ2v) is 8.58. The third kappa shape index (κ3) is 5.59. The Morgan fingerprint density at radius 2 is 0.759 bits per heavy atom. The molecule has 0 N–H and O–H groups in total. The summed E-state index contributed by atoms with van der Waals surface area (Å²) in [7, 11) is 0. The van der Waals surface area contributed by atoms with Gasteiger partial charge in [-0.3, -0.25) is 0 Å². The lowest BCUT2D eigenvalue weighted by Gasteiger charge is -2.09. The van der Waals surface area contributed by atoms with E-state index in [9.17, 15) is 0 Å². The first-order valence-electron chi connectivity index (χ1n) is 9.12. The van der Waals surface area contributed by atoms with Gasteiger partial charge in [-0.2, -0.15) is 0 Å². The van der Waals surface area contributed by atoms with Gasteiger partial charge in [-0.05, 0) is 36.4 Å². The van der Waals surface area contributed by atoms with Crippen LogP contribution in [0.2, 0.25) is 0 Å². The SMILES string of the molecule is Brc1cccc(-c2nc(-c3cccc(Br)c3)nc(-c3cccc(Br)c3)n2)c1.CC. The summed E-state index contributed by atoms with van der Waals surface area (Å²) in [5.74, 6) is 1.91. The molecule has 3 aromatic carbocycles. The zero-order valence-electron chi connectivity index (χ0n) is 15.9. The van der Waals surface area contributed by atoms with Crippen LogP contribution in [0.25, 0.3) is 34.2 Å². The Bertz CT molecular complexity index is 976. The molecule has 0 amide bonds. The third-order valence-electron chi connectivity index (χ3n) is 3.88. The van der Waals surface area contributed by atoms with Gasteiger partial charge < -0.3 is 0 Å². The molecule has 0 spiro atoms. The molecule has 0 saturated heterocycles. The average molecular weight is 576 g/mol. The van der Waals surface area contributed by atoms with Crippen LogP contribution >= 0.6 is 47.8 Å². The molecule has 0 saturated carbocycles. The molecular weight excluding hydrogens is 558 g/mol. The fourth-order valence-corrected chi connectivity index (χ4v) is 3.84. The lowest BCUT2D eigenvalue weighted by atomic mass is 10.1. The Balaban J connectivity index is 0.00000117. The van der Waals surface area contributed by atoms with Gasteiger partial charge in [0.15, 0.2) is 17.5 Å². The van der Waals surface area contributed by atoms with Crippen molar-refractivity contribution in [3.05, 3.63) is 86.2 Å². The Kier molecular flexibility index (Phi) is 7.70. The molecule has 0 bridgehead atoms. The molecule has 6 heteroatoms. The summed E-state index contributed by atoms with van der Waals surface area (Å²) in [6, 6.07) is 23.9. The summed E-state index contributed by atoms with van der Waals surface area (Å²) in [6.45, 7) is 4.00. The highest BCUT2D eigenvalue weighted by Crippen LogP contribution is 2.28. The van der Waals surface area contributed by atoms with E-state index in [2.05, 4.69) is 47.8 Å². The number of hydrogen-bond acceptors (Lipinski definition) is 3. The highest BCUT2D eigenvalue weighted by molar-refractivity contribution is 9.11. The fourth-order valence-electron chi connectivity index (χ4n) is 2.65. The van der Waals surface area contributed by atoms with Crippen LogP contribution in [0.15, 0.2) is 86.2 Å². The van der Waals surface area contributed by atoms with Crippen molar-refractivity contribution in [2.75, 3.05) is 0 Å². The van der Waals surface area contributed by atoms with Gasteiger partial charge in [-0.25, -0.2) is 15.0 Å². The molecule has 3 nitrogen and oxygen atoms in total. The minimum Gasteiger partial charge on any atom is -0.208 e. The van der Waals surface area contributed by atoms with Crippen LogP contribution in [0.3, 0.4) is 0 Å². The Hall–Kier alpha value is -1.89. The molecule has 0 unspecified atom stereocenters. The summed E-state index contributed by atoms with van der Waals surface area (Å²) < 4.78 is 2.94. The van der Waals surface area contributed by atoms with Crippen molar-refractivity contribution >= 4 is 47.8 Å². The van der Waals surface area contributed by atoms with E-state index in [4.69, 9.17) is 15.0 Å². The summed E-state index contributed by atoms with van der Waals surface area (Å²) in [4.78, 5) is 14.2. The van der Waals surface area contributed by atoms with Gasteiger partial charge in [0.05, 0.1) is 0 Å². The van der Waals surface area contributed by atoms with Crippen LogP contribution in [0, 0.1) is 0 Å². The van der Waals surface area contributed by atoms with Crippen LogP contribution in [0.1, 0.15) is 13.8 Å². The van der Waals surface area contributed by atoms with Crippen LogP contribution in [0.4, 0.5) is 0 Å². The average Bonchev–Trinajstić information content (AvgIpc) is 2.75. The molecule has 1 aromatic heterocycles. The second-order valence-electron chi connectivity index (χ2n) is 5.84. The van der Waals surface area contributed by atoms with Gasteiger partial charge in [0, 0.05) is 30.1 Å². The Morgan fingerprint density at radius 1 is 0.483 bits per heavy atom. The van der Waals surface area contributed by atoms with Gasteiger partial charge in [0.25, 0.3) is 0 Å². The number of rotatable bonds is 3. The second kappa shape index (κ2) is 10.2. The molecule has 0 aliphatic heterocycles. The molecule has 4 rings (SSSR count). The molecular formula is C23H18Br3N3. The number of halogens is 3. The molecule has 0 atom stereocenters. The number of hydrogen-bond donors (Lipinski definition) is 0. The first-order chi connectivity index (χ1) is 14.1. The maximum absolute atomic E-state index is 4.73. The molecule has 146 valence electrons. The minimum atomic E-state index is 0.635. The molecule has 0 radical (unpaired) electrons.